The fourth-order valence-corrected chi connectivity index (χ4v) is 6.86. The highest BCUT2D eigenvalue weighted by atomic mass is 32.2. The molecule has 0 radical (unpaired) electrons. The first kappa shape index (κ1) is 18.8. The summed E-state index contributed by atoms with van der Waals surface area (Å²) in [6.45, 7) is 5.67. The van der Waals surface area contributed by atoms with Crippen LogP contribution >= 0.6 is 11.3 Å². The van der Waals surface area contributed by atoms with Crippen molar-refractivity contribution < 1.29 is 13.2 Å². The molecule has 2 N–H and O–H groups in total. The number of carbonyl (C=O) groups excluding carboxylic acids is 1. The number of likely N-dealkylation sites (tertiary alicyclic amines) is 1. The highest BCUT2D eigenvalue weighted by molar-refractivity contribution is 7.91. The number of thiophene rings is 1. The monoisotopic (exact) mass is 385 g/mol. The summed E-state index contributed by atoms with van der Waals surface area (Å²) in [6.07, 6.45) is 3.13. The first-order valence-electron chi connectivity index (χ1n) is 8.93. The van der Waals surface area contributed by atoms with Gasteiger partial charge in [0.2, 0.25) is 5.91 Å². The van der Waals surface area contributed by atoms with Gasteiger partial charge >= 0.3 is 0 Å². The summed E-state index contributed by atoms with van der Waals surface area (Å²) in [4.78, 5) is 15.7. The fraction of sp³-hybridized carbons (Fsp3) is 0.706. The molecule has 0 saturated carbocycles. The molecule has 2 fully saturated rings. The van der Waals surface area contributed by atoms with Crippen LogP contribution in [0.15, 0.2) is 16.3 Å². The van der Waals surface area contributed by atoms with E-state index in [1.54, 1.807) is 6.07 Å². The van der Waals surface area contributed by atoms with Gasteiger partial charge in [0.05, 0.1) is 0 Å². The highest BCUT2D eigenvalue weighted by Gasteiger charge is 2.42. The maximum absolute atomic E-state index is 13.0. The van der Waals surface area contributed by atoms with E-state index >= 15 is 0 Å². The van der Waals surface area contributed by atoms with Gasteiger partial charge in [-0.25, -0.2) is 8.42 Å². The van der Waals surface area contributed by atoms with Crippen LogP contribution in [0.2, 0.25) is 0 Å². The van der Waals surface area contributed by atoms with E-state index in [1.165, 1.54) is 15.6 Å². The molecule has 0 aliphatic carbocycles. The van der Waals surface area contributed by atoms with Crippen molar-refractivity contribution in [3.05, 3.63) is 17.0 Å². The van der Waals surface area contributed by atoms with Crippen molar-refractivity contribution in [1.29, 1.82) is 0 Å². The lowest BCUT2D eigenvalue weighted by atomic mass is 9.90. The van der Waals surface area contributed by atoms with Crippen LogP contribution < -0.4 is 5.73 Å². The number of nitrogens with two attached hydrogens (primary N) is 1. The van der Waals surface area contributed by atoms with Crippen molar-refractivity contribution in [1.82, 2.24) is 9.21 Å². The van der Waals surface area contributed by atoms with E-state index < -0.39 is 16.1 Å². The van der Waals surface area contributed by atoms with Gasteiger partial charge in [-0.2, -0.15) is 4.31 Å². The normalized spacial score (nSPS) is 24.6. The van der Waals surface area contributed by atoms with Crippen molar-refractivity contribution in [3.8, 4) is 0 Å². The highest BCUT2D eigenvalue weighted by Crippen LogP contribution is 2.31. The van der Waals surface area contributed by atoms with Gasteiger partial charge in [0.15, 0.2) is 0 Å². The third-order valence-electron chi connectivity index (χ3n) is 5.36. The Hall–Kier alpha value is -0.960. The number of hydrogen-bond acceptors (Lipinski definition) is 5. The Labute approximate surface area is 154 Å². The molecule has 0 aromatic carbocycles. The molecule has 2 aliphatic heterocycles. The number of carbonyl (C=O) groups is 1. The Morgan fingerprint density at radius 2 is 1.92 bits per heavy atom. The summed E-state index contributed by atoms with van der Waals surface area (Å²) in [7, 11) is -3.59. The third-order valence-corrected chi connectivity index (χ3v) is 8.74. The Kier molecular flexibility index (Phi) is 5.53. The number of nitrogens with zero attached hydrogens (tertiary/aromatic N) is 2. The van der Waals surface area contributed by atoms with Crippen LogP contribution in [0.4, 0.5) is 0 Å². The van der Waals surface area contributed by atoms with E-state index in [-0.39, 0.29) is 11.9 Å². The summed E-state index contributed by atoms with van der Waals surface area (Å²) in [6, 6.07) is 3.04. The summed E-state index contributed by atoms with van der Waals surface area (Å²) in [5, 5.41) is 0. The van der Waals surface area contributed by atoms with E-state index in [2.05, 4.69) is 0 Å². The zero-order valence-electron chi connectivity index (χ0n) is 14.8. The second kappa shape index (κ2) is 7.34. The molecule has 2 atom stereocenters. The van der Waals surface area contributed by atoms with Crippen molar-refractivity contribution in [2.24, 2.45) is 11.7 Å². The van der Waals surface area contributed by atoms with Crippen LogP contribution in [0.25, 0.3) is 0 Å². The van der Waals surface area contributed by atoms with Gasteiger partial charge in [0.25, 0.3) is 10.0 Å². The Morgan fingerprint density at radius 3 is 2.48 bits per heavy atom. The van der Waals surface area contributed by atoms with Crippen LogP contribution in [-0.2, 0) is 14.8 Å². The van der Waals surface area contributed by atoms with Gasteiger partial charge in [0.1, 0.15) is 10.3 Å². The quantitative estimate of drug-likeness (QED) is 0.856. The van der Waals surface area contributed by atoms with Crippen molar-refractivity contribution in [2.75, 3.05) is 19.6 Å². The lowest BCUT2D eigenvalue weighted by molar-refractivity contribution is -0.136. The number of rotatable bonds is 4. The average molecular weight is 386 g/mol. The largest absolute Gasteiger partial charge is 0.341 e. The molecule has 8 heteroatoms. The zero-order chi connectivity index (χ0) is 18.2. The van der Waals surface area contributed by atoms with Gasteiger partial charge in [-0.05, 0) is 57.6 Å². The lowest BCUT2D eigenvalue weighted by Crippen LogP contribution is -2.50. The number of aryl methyl sites for hydroxylation is 1. The van der Waals surface area contributed by atoms with E-state index in [9.17, 15) is 13.2 Å². The van der Waals surface area contributed by atoms with Crippen molar-refractivity contribution >= 4 is 27.3 Å². The number of hydrogen-bond donors (Lipinski definition) is 1. The minimum atomic E-state index is -3.59. The molecular weight excluding hydrogens is 358 g/mol. The molecule has 2 unspecified atom stereocenters. The SMILES string of the molecule is Cc1ccc(S(=O)(=O)N2CCCC2C(=O)N2CCC(C(C)N)CC2)s1. The van der Waals surface area contributed by atoms with Crippen molar-refractivity contribution in [3.63, 3.8) is 0 Å². The van der Waals surface area contributed by atoms with Gasteiger partial charge in [-0.15, -0.1) is 11.3 Å². The lowest BCUT2D eigenvalue weighted by Gasteiger charge is -2.36. The minimum absolute atomic E-state index is 0.0440. The molecule has 3 rings (SSSR count). The number of amides is 1. The predicted molar refractivity (Wildman–Crippen MR) is 98.9 cm³/mol. The maximum atomic E-state index is 13.0. The maximum Gasteiger partial charge on any atom is 0.253 e. The van der Waals surface area contributed by atoms with Crippen LogP contribution in [0.1, 0.15) is 37.5 Å². The Bertz CT molecular complexity index is 721. The van der Waals surface area contributed by atoms with E-state index in [0.717, 1.165) is 24.1 Å². The van der Waals surface area contributed by atoms with Gasteiger partial charge in [-0.3, -0.25) is 4.79 Å². The second-order valence-corrected chi connectivity index (χ2v) is 10.6. The molecule has 2 aliphatic rings. The van der Waals surface area contributed by atoms with Gasteiger partial charge in [0, 0.05) is 30.6 Å². The number of piperidine rings is 1. The summed E-state index contributed by atoms with van der Waals surface area (Å²) >= 11 is 1.27. The summed E-state index contributed by atoms with van der Waals surface area (Å²) in [5.74, 6) is 0.402. The molecule has 140 valence electrons. The fourth-order valence-electron chi connectivity index (χ4n) is 3.80. The van der Waals surface area contributed by atoms with Gasteiger partial charge < -0.3 is 10.6 Å². The Balaban J connectivity index is 1.72. The molecule has 1 aromatic heterocycles. The third kappa shape index (κ3) is 3.77. The second-order valence-electron chi connectivity index (χ2n) is 7.16. The zero-order valence-corrected chi connectivity index (χ0v) is 16.5. The van der Waals surface area contributed by atoms with E-state index in [0.29, 0.717) is 36.2 Å². The standard InChI is InChI=1S/C17H27N3O3S2/c1-12-5-6-16(24-12)25(22,23)20-9-3-4-15(20)17(21)19-10-7-14(8-11-19)13(2)18/h5-6,13-15H,3-4,7-11,18H2,1-2H3. The van der Waals surface area contributed by atoms with Gasteiger partial charge in [-0.1, -0.05) is 0 Å². The number of sulfonamides is 1. The van der Waals surface area contributed by atoms with Crippen LogP contribution in [0, 0.1) is 12.8 Å². The van der Waals surface area contributed by atoms with Crippen LogP contribution in [0.5, 0.6) is 0 Å². The molecule has 6 nitrogen and oxygen atoms in total. The van der Waals surface area contributed by atoms with Crippen molar-refractivity contribution in [2.45, 2.75) is 55.8 Å². The van der Waals surface area contributed by atoms with Crippen LogP contribution in [0.3, 0.4) is 0 Å². The molecule has 1 aromatic rings. The molecular formula is C17H27N3O3S2. The average Bonchev–Trinajstić information content (AvgIpc) is 3.23. The molecule has 2 saturated heterocycles. The van der Waals surface area contributed by atoms with E-state index in [1.807, 2.05) is 24.8 Å². The summed E-state index contributed by atoms with van der Waals surface area (Å²) < 4.78 is 27.6. The minimum Gasteiger partial charge on any atom is -0.341 e. The molecule has 3 heterocycles. The predicted octanol–water partition coefficient (Wildman–Crippen LogP) is 1.80. The molecule has 1 amide bonds. The molecule has 0 bridgehead atoms. The smallest absolute Gasteiger partial charge is 0.253 e. The summed E-state index contributed by atoms with van der Waals surface area (Å²) in [5.41, 5.74) is 5.97. The molecule has 0 spiro atoms. The first-order chi connectivity index (χ1) is 11.8. The van der Waals surface area contributed by atoms with Crippen LogP contribution in [-0.4, -0.2) is 55.2 Å². The first-order valence-corrected chi connectivity index (χ1v) is 11.2. The Morgan fingerprint density at radius 1 is 1.24 bits per heavy atom. The molecule has 25 heavy (non-hydrogen) atoms. The van der Waals surface area contributed by atoms with E-state index in [4.69, 9.17) is 5.73 Å². The topological polar surface area (TPSA) is 83.7 Å².